The highest BCUT2D eigenvalue weighted by molar-refractivity contribution is 7.89. The summed E-state index contributed by atoms with van der Waals surface area (Å²) in [6.07, 6.45) is 2.62. The van der Waals surface area contributed by atoms with Gasteiger partial charge in [-0.1, -0.05) is 6.42 Å². The van der Waals surface area contributed by atoms with Gasteiger partial charge in [-0.05, 0) is 26.7 Å². The molecule has 7 heteroatoms. The van der Waals surface area contributed by atoms with Crippen molar-refractivity contribution in [3.8, 4) is 0 Å². The molecule has 118 valence electrons. The summed E-state index contributed by atoms with van der Waals surface area (Å²) in [6, 6.07) is -0.278. The summed E-state index contributed by atoms with van der Waals surface area (Å²) in [4.78, 5) is 11.4. The van der Waals surface area contributed by atoms with Crippen LogP contribution in [0.5, 0.6) is 0 Å². The minimum Gasteiger partial charge on any atom is -0.469 e. The first kappa shape index (κ1) is 17.4. The number of hydrogen-bond donors (Lipinski definition) is 0. The predicted octanol–water partition coefficient (Wildman–Crippen LogP) is 1.16. The third-order valence-corrected chi connectivity index (χ3v) is 5.23. The lowest BCUT2D eigenvalue weighted by atomic mass is 10.0. The Morgan fingerprint density at radius 2 is 2.05 bits per heavy atom. The topological polar surface area (TPSA) is 72.9 Å². The number of nitrogens with zero attached hydrogens (tertiary/aromatic N) is 1. The number of esters is 1. The number of hydrogen-bond acceptors (Lipinski definition) is 5. The lowest BCUT2D eigenvalue weighted by molar-refractivity contribution is -0.141. The Balaban J connectivity index is 2.65. The van der Waals surface area contributed by atoms with E-state index in [2.05, 4.69) is 4.74 Å². The summed E-state index contributed by atoms with van der Waals surface area (Å²) >= 11 is 0. The quantitative estimate of drug-likeness (QED) is 0.660. The van der Waals surface area contributed by atoms with Gasteiger partial charge in [0.1, 0.15) is 0 Å². The Bertz CT molecular complexity index is 407. The molecule has 20 heavy (non-hydrogen) atoms. The van der Waals surface area contributed by atoms with E-state index in [0.29, 0.717) is 13.0 Å². The van der Waals surface area contributed by atoms with Gasteiger partial charge in [-0.15, -0.1) is 0 Å². The zero-order valence-corrected chi connectivity index (χ0v) is 13.3. The van der Waals surface area contributed by atoms with E-state index in [0.717, 1.165) is 12.8 Å². The number of methoxy groups -OCH3 is 1. The molecule has 0 aliphatic carbocycles. The van der Waals surface area contributed by atoms with Crippen molar-refractivity contribution in [2.75, 3.05) is 26.0 Å². The van der Waals surface area contributed by atoms with Gasteiger partial charge in [0.25, 0.3) is 0 Å². The van der Waals surface area contributed by atoms with Crippen molar-refractivity contribution in [3.05, 3.63) is 0 Å². The van der Waals surface area contributed by atoms with Crippen LogP contribution >= 0.6 is 0 Å². The average molecular weight is 307 g/mol. The van der Waals surface area contributed by atoms with Crippen LogP contribution in [0, 0.1) is 0 Å². The summed E-state index contributed by atoms with van der Waals surface area (Å²) in [7, 11) is -2.06. The number of ether oxygens (including phenoxy) is 2. The second-order valence-corrected chi connectivity index (χ2v) is 7.32. The third kappa shape index (κ3) is 5.38. The van der Waals surface area contributed by atoms with E-state index in [9.17, 15) is 13.2 Å². The second kappa shape index (κ2) is 7.95. The van der Waals surface area contributed by atoms with E-state index in [1.54, 1.807) is 0 Å². The summed E-state index contributed by atoms with van der Waals surface area (Å²) in [5.74, 6) is -0.404. The second-order valence-electron chi connectivity index (χ2n) is 5.28. The molecule has 0 N–H and O–H groups in total. The molecule has 0 amide bonds. The van der Waals surface area contributed by atoms with Gasteiger partial charge in [0.15, 0.2) is 0 Å². The predicted molar refractivity (Wildman–Crippen MR) is 75.9 cm³/mol. The van der Waals surface area contributed by atoms with Gasteiger partial charge in [0.2, 0.25) is 10.0 Å². The van der Waals surface area contributed by atoms with Gasteiger partial charge in [-0.2, -0.15) is 4.31 Å². The molecule has 0 aromatic heterocycles. The molecule has 1 aliphatic rings. The van der Waals surface area contributed by atoms with Crippen LogP contribution in [0.3, 0.4) is 0 Å². The van der Waals surface area contributed by atoms with Crippen LogP contribution in [0.25, 0.3) is 0 Å². The number of carbonyl (C=O) groups excluding carboxylic acids is 1. The molecule has 1 fully saturated rings. The first-order valence-corrected chi connectivity index (χ1v) is 8.65. The molecule has 1 aliphatic heterocycles. The van der Waals surface area contributed by atoms with Crippen molar-refractivity contribution >= 4 is 16.0 Å². The molecule has 0 saturated carbocycles. The highest BCUT2D eigenvalue weighted by Crippen LogP contribution is 2.23. The van der Waals surface area contributed by atoms with Crippen LogP contribution in [0.15, 0.2) is 0 Å². The van der Waals surface area contributed by atoms with Gasteiger partial charge in [-0.25, -0.2) is 8.42 Å². The fourth-order valence-electron chi connectivity index (χ4n) is 2.33. The monoisotopic (exact) mass is 307 g/mol. The summed E-state index contributed by atoms with van der Waals surface area (Å²) in [6.45, 7) is 4.40. The van der Waals surface area contributed by atoms with Crippen LogP contribution in [0.1, 0.15) is 39.5 Å². The zero-order valence-electron chi connectivity index (χ0n) is 12.5. The van der Waals surface area contributed by atoms with E-state index in [1.165, 1.54) is 11.4 Å². The number of sulfonamides is 1. The van der Waals surface area contributed by atoms with E-state index in [1.807, 2.05) is 13.8 Å². The summed E-state index contributed by atoms with van der Waals surface area (Å²) in [5.41, 5.74) is 0. The molecule has 6 nitrogen and oxygen atoms in total. The molecule has 1 saturated heterocycles. The number of piperidine rings is 1. The van der Waals surface area contributed by atoms with Crippen molar-refractivity contribution in [1.29, 1.82) is 0 Å². The zero-order chi connectivity index (χ0) is 15.2. The minimum absolute atomic E-state index is 0.0115. The molecule has 0 spiro atoms. The first-order chi connectivity index (χ1) is 9.36. The lowest BCUT2D eigenvalue weighted by Gasteiger charge is -2.34. The highest BCUT2D eigenvalue weighted by atomic mass is 32.2. The maximum atomic E-state index is 12.3. The van der Waals surface area contributed by atoms with Crippen LogP contribution < -0.4 is 0 Å². The fraction of sp³-hybridized carbons (Fsp3) is 0.923. The molecule has 1 rings (SSSR count). The molecule has 0 radical (unpaired) electrons. The number of rotatable bonds is 7. The first-order valence-electron chi connectivity index (χ1n) is 7.04. The minimum atomic E-state index is -3.38. The van der Waals surface area contributed by atoms with Crippen molar-refractivity contribution in [3.63, 3.8) is 0 Å². The van der Waals surface area contributed by atoms with Crippen molar-refractivity contribution < 1.29 is 22.7 Å². The molecule has 1 unspecified atom stereocenters. The van der Waals surface area contributed by atoms with Gasteiger partial charge >= 0.3 is 5.97 Å². The SMILES string of the molecule is COC(=O)CC1CCCCN1S(=O)(=O)CCOC(C)C. The average Bonchev–Trinajstić information content (AvgIpc) is 2.38. The van der Waals surface area contributed by atoms with Crippen LogP contribution in [-0.4, -0.2) is 56.9 Å². The normalized spacial score (nSPS) is 21.1. The molecule has 1 atom stereocenters. The lowest BCUT2D eigenvalue weighted by Crippen LogP contribution is -2.46. The molecule has 0 aromatic carbocycles. The summed E-state index contributed by atoms with van der Waals surface area (Å²) < 4.78 is 36.1. The maximum Gasteiger partial charge on any atom is 0.307 e. The summed E-state index contributed by atoms with van der Waals surface area (Å²) in [5, 5.41) is 0. The fourth-order valence-corrected chi connectivity index (χ4v) is 3.91. The smallest absolute Gasteiger partial charge is 0.307 e. The molecular weight excluding hydrogens is 282 g/mol. The van der Waals surface area contributed by atoms with E-state index < -0.39 is 10.0 Å². The third-order valence-electron chi connectivity index (χ3n) is 3.35. The highest BCUT2D eigenvalue weighted by Gasteiger charge is 2.33. The Morgan fingerprint density at radius 1 is 1.35 bits per heavy atom. The standard InChI is InChI=1S/C13H25NO5S/c1-11(2)19-8-9-20(16,17)14-7-5-4-6-12(14)10-13(15)18-3/h11-12H,4-10H2,1-3H3. The van der Waals surface area contributed by atoms with Crippen molar-refractivity contribution in [1.82, 2.24) is 4.31 Å². The van der Waals surface area contributed by atoms with Gasteiger partial charge in [0, 0.05) is 12.6 Å². The maximum absolute atomic E-state index is 12.3. The Morgan fingerprint density at radius 3 is 2.65 bits per heavy atom. The van der Waals surface area contributed by atoms with E-state index in [4.69, 9.17) is 4.74 Å². The van der Waals surface area contributed by atoms with E-state index in [-0.39, 0.29) is 36.9 Å². The van der Waals surface area contributed by atoms with Gasteiger partial charge in [0.05, 0.1) is 32.0 Å². The van der Waals surface area contributed by atoms with Gasteiger partial charge in [-0.3, -0.25) is 4.79 Å². The largest absolute Gasteiger partial charge is 0.469 e. The van der Waals surface area contributed by atoms with E-state index >= 15 is 0 Å². The van der Waals surface area contributed by atoms with Crippen LogP contribution in [0.2, 0.25) is 0 Å². The molecule has 0 aromatic rings. The van der Waals surface area contributed by atoms with Crippen molar-refractivity contribution in [2.24, 2.45) is 0 Å². The number of carbonyl (C=O) groups is 1. The molecular formula is C13H25NO5S. The van der Waals surface area contributed by atoms with Crippen LogP contribution in [-0.2, 0) is 24.3 Å². The Labute approximate surface area is 121 Å². The Hall–Kier alpha value is -0.660. The Kier molecular flexibility index (Phi) is 6.91. The van der Waals surface area contributed by atoms with Crippen LogP contribution in [0.4, 0.5) is 0 Å². The van der Waals surface area contributed by atoms with Gasteiger partial charge < -0.3 is 9.47 Å². The molecule has 1 heterocycles. The molecule has 0 bridgehead atoms. The van der Waals surface area contributed by atoms with Crippen molar-refractivity contribution in [2.45, 2.75) is 51.7 Å².